The Balaban J connectivity index is 4.48. The Bertz CT molecular complexity index is 255. The summed E-state index contributed by atoms with van der Waals surface area (Å²) in [4.78, 5) is 2.98. The van der Waals surface area contributed by atoms with E-state index in [-0.39, 0.29) is 5.38 Å². The summed E-state index contributed by atoms with van der Waals surface area (Å²) in [5.74, 6) is 0. The molecule has 0 rings (SSSR count). The van der Waals surface area contributed by atoms with Crippen molar-refractivity contribution in [3.63, 3.8) is 0 Å². The third kappa shape index (κ3) is 5.59. The highest BCUT2D eigenvalue weighted by atomic mass is 79.9. The average molecular weight is 363 g/mol. The van der Waals surface area contributed by atoms with Crippen molar-refractivity contribution < 1.29 is 0 Å². The first kappa shape index (κ1) is 14.8. The van der Waals surface area contributed by atoms with Gasteiger partial charge >= 0.3 is 0 Å². The van der Waals surface area contributed by atoms with Gasteiger partial charge in [0.05, 0.1) is 10.3 Å². The summed E-state index contributed by atoms with van der Waals surface area (Å²) in [5, 5.41) is -0.250. The van der Waals surface area contributed by atoms with E-state index in [1.54, 1.807) is 4.99 Å². The largest absolute Gasteiger partial charge is 0.116 e. The molecule has 14 heavy (non-hydrogen) atoms. The second-order valence-corrected chi connectivity index (χ2v) is 5.33. The van der Waals surface area contributed by atoms with E-state index in [1.165, 1.54) is 0 Å². The minimum atomic E-state index is -0.575. The standard InChI is InChI=1S/C10H12Br2Cl2/c1-8(7-12)3-4-9(13)10(2,14)5-6-11/h3-7,9H,1-2H3. The topological polar surface area (TPSA) is 0 Å². The highest BCUT2D eigenvalue weighted by Crippen LogP contribution is 2.27. The molecule has 0 saturated heterocycles. The minimum absolute atomic E-state index is 0.250. The van der Waals surface area contributed by atoms with Gasteiger partial charge in [0, 0.05) is 0 Å². The van der Waals surface area contributed by atoms with Gasteiger partial charge < -0.3 is 0 Å². The third-order valence-electron chi connectivity index (χ3n) is 1.63. The lowest BCUT2D eigenvalue weighted by atomic mass is 10.1. The molecule has 2 atom stereocenters. The smallest absolute Gasteiger partial charge is 0.0804 e. The van der Waals surface area contributed by atoms with Gasteiger partial charge in [0.1, 0.15) is 0 Å². The second kappa shape index (κ2) is 7.10. The van der Waals surface area contributed by atoms with Gasteiger partial charge in [0.25, 0.3) is 0 Å². The summed E-state index contributed by atoms with van der Waals surface area (Å²) < 4.78 is 0. The average Bonchev–Trinajstić information content (AvgIpc) is 2.13. The fourth-order valence-corrected chi connectivity index (χ4v) is 1.81. The van der Waals surface area contributed by atoms with Gasteiger partial charge in [0.15, 0.2) is 0 Å². The van der Waals surface area contributed by atoms with Crippen LogP contribution in [0.15, 0.2) is 33.8 Å². The lowest BCUT2D eigenvalue weighted by Gasteiger charge is -2.20. The molecule has 0 aromatic heterocycles. The van der Waals surface area contributed by atoms with E-state index in [0.717, 1.165) is 5.57 Å². The van der Waals surface area contributed by atoms with Crippen LogP contribution in [0.2, 0.25) is 0 Å². The Labute approximate surface area is 112 Å². The number of alkyl halides is 2. The summed E-state index contributed by atoms with van der Waals surface area (Å²) in [6.07, 6.45) is 5.60. The fourth-order valence-electron chi connectivity index (χ4n) is 0.676. The maximum atomic E-state index is 6.18. The van der Waals surface area contributed by atoms with E-state index in [0.29, 0.717) is 0 Å². The van der Waals surface area contributed by atoms with Gasteiger partial charge in [-0.05, 0) is 29.4 Å². The SMILES string of the molecule is CC(C=CC(Cl)C(C)(Cl)C=CBr)=CBr. The molecule has 0 N–H and O–H groups in total. The van der Waals surface area contributed by atoms with Gasteiger partial charge in [0.2, 0.25) is 0 Å². The molecule has 0 amide bonds. The lowest BCUT2D eigenvalue weighted by molar-refractivity contribution is 0.800. The van der Waals surface area contributed by atoms with Gasteiger partial charge in [-0.2, -0.15) is 0 Å². The van der Waals surface area contributed by atoms with E-state index in [4.69, 9.17) is 23.2 Å². The zero-order valence-corrected chi connectivity index (χ0v) is 12.7. The number of rotatable bonds is 4. The molecule has 0 saturated carbocycles. The van der Waals surface area contributed by atoms with Crippen molar-refractivity contribution in [1.29, 1.82) is 0 Å². The lowest BCUT2D eigenvalue weighted by Crippen LogP contribution is -2.24. The van der Waals surface area contributed by atoms with Crippen molar-refractivity contribution in [2.75, 3.05) is 0 Å². The summed E-state index contributed by atoms with van der Waals surface area (Å²) >= 11 is 18.7. The van der Waals surface area contributed by atoms with Crippen LogP contribution >= 0.6 is 55.1 Å². The first-order chi connectivity index (χ1) is 6.44. The van der Waals surface area contributed by atoms with Crippen LogP contribution in [0.3, 0.4) is 0 Å². The molecule has 0 aromatic carbocycles. The quantitative estimate of drug-likeness (QED) is 0.467. The normalized spacial score (nSPS) is 20.3. The predicted octanol–water partition coefficient (Wildman–Crippen LogP) is 5.35. The van der Waals surface area contributed by atoms with Crippen molar-refractivity contribution in [2.24, 2.45) is 0 Å². The molecule has 0 spiro atoms. The first-order valence-electron chi connectivity index (χ1n) is 4.00. The molecule has 0 heterocycles. The maximum Gasteiger partial charge on any atom is 0.0804 e. The highest BCUT2D eigenvalue weighted by molar-refractivity contribution is 9.11. The number of hydrogen-bond donors (Lipinski definition) is 0. The summed E-state index contributed by atoms with van der Waals surface area (Å²) in [7, 11) is 0. The van der Waals surface area contributed by atoms with Crippen LogP contribution in [0.25, 0.3) is 0 Å². The molecule has 0 radical (unpaired) electrons. The molecule has 0 bridgehead atoms. The van der Waals surface area contributed by atoms with E-state index in [1.807, 2.05) is 37.1 Å². The van der Waals surface area contributed by atoms with Crippen LogP contribution in [-0.4, -0.2) is 10.3 Å². The number of hydrogen-bond acceptors (Lipinski definition) is 0. The summed E-state index contributed by atoms with van der Waals surface area (Å²) in [6.45, 7) is 3.84. The van der Waals surface area contributed by atoms with Gasteiger partial charge in [-0.1, -0.05) is 50.1 Å². The monoisotopic (exact) mass is 360 g/mol. The van der Waals surface area contributed by atoms with Crippen molar-refractivity contribution >= 4 is 55.1 Å². The molecule has 0 nitrogen and oxygen atoms in total. The highest BCUT2D eigenvalue weighted by Gasteiger charge is 2.25. The second-order valence-electron chi connectivity index (χ2n) is 3.06. The Hall–Kier alpha value is 0.760. The Kier molecular flexibility index (Phi) is 7.49. The van der Waals surface area contributed by atoms with Crippen LogP contribution in [0.1, 0.15) is 13.8 Å². The fraction of sp³-hybridized carbons (Fsp3) is 0.400. The van der Waals surface area contributed by atoms with Crippen molar-refractivity contribution in [3.8, 4) is 0 Å². The van der Waals surface area contributed by atoms with Gasteiger partial charge in [-0.15, -0.1) is 23.2 Å². The molecule has 0 aliphatic carbocycles. The predicted molar refractivity (Wildman–Crippen MR) is 73.8 cm³/mol. The van der Waals surface area contributed by atoms with Crippen LogP contribution in [-0.2, 0) is 0 Å². The van der Waals surface area contributed by atoms with E-state index < -0.39 is 4.87 Å². The molecular formula is C10H12Br2Cl2. The number of halogens is 4. The van der Waals surface area contributed by atoms with Crippen molar-refractivity contribution in [3.05, 3.63) is 33.8 Å². The van der Waals surface area contributed by atoms with E-state index in [2.05, 4.69) is 31.9 Å². The number of allylic oxidation sites excluding steroid dienone is 4. The maximum absolute atomic E-state index is 6.18. The van der Waals surface area contributed by atoms with Crippen molar-refractivity contribution in [1.82, 2.24) is 0 Å². The molecule has 0 aliphatic rings. The van der Waals surface area contributed by atoms with Gasteiger partial charge in [-0.3, -0.25) is 0 Å². The van der Waals surface area contributed by atoms with Crippen LogP contribution in [0.4, 0.5) is 0 Å². The Morgan fingerprint density at radius 1 is 1.43 bits per heavy atom. The van der Waals surface area contributed by atoms with Crippen LogP contribution in [0, 0.1) is 0 Å². The zero-order chi connectivity index (χ0) is 11.2. The first-order valence-corrected chi connectivity index (χ1v) is 6.64. The zero-order valence-electron chi connectivity index (χ0n) is 7.98. The molecule has 2 unspecified atom stereocenters. The molecule has 0 fully saturated rings. The van der Waals surface area contributed by atoms with E-state index in [9.17, 15) is 0 Å². The Morgan fingerprint density at radius 3 is 2.43 bits per heavy atom. The third-order valence-corrected chi connectivity index (χ3v) is 3.69. The minimum Gasteiger partial charge on any atom is -0.116 e. The summed E-state index contributed by atoms with van der Waals surface area (Å²) in [5.41, 5.74) is 1.09. The molecule has 0 aliphatic heterocycles. The van der Waals surface area contributed by atoms with E-state index >= 15 is 0 Å². The molecule has 0 aromatic rings. The Morgan fingerprint density at radius 2 is 2.00 bits per heavy atom. The molecular weight excluding hydrogens is 351 g/mol. The molecule has 4 heteroatoms. The van der Waals surface area contributed by atoms with Crippen molar-refractivity contribution in [2.45, 2.75) is 24.1 Å². The van der Waals surface area contributed by atoms with Crippen LogP contribution < -0.4 is 0 Å². The summed E-state index contributed by atoms with van der Waals surface area (Å²) in [6, 6.07) is 0. The van der Waals surface area contributed by atoms with Crippen LogP contribution in [0.5, 0.6) is 0 Å². The van der Waals surface area contributed by atoms with Gasteiger partial charge in [-0.25, -0.2) is 0 Å². The molecule has 80 valence electrons.